The summed E-state index contributed by atoms with van der Waals surface area (Å²) in [4.78, 5) is 62.7. The number of likely N-dealkylation sites (tertiary alicyclic amines) is 1. The number of carbonyl (C=O) groups excluding carboxylic acids is 4. The van der Waals surface area contributed by atoms with E-state index in [2.05, 4.69) is 0 Å². The number of nitro benzene ring substituents is 1. The van der Waals surface area contributed by atoms with Crippen molar-refractivity contribution in [3.05, 3.63) is 39.9 Å². The van der Waals surface area contributed by atoms with Gasteiger partial charge in [0.2, 0.25) is 17.6 Å². The van der Waals surface area contributed by atoms with Gasteiger partial charge >= 0.3 is 5.97 Å². The summed E-state index contributed by atoms with van der Waals surface area (Å²) in [6.45, 7) is 2.81. The Balaban J connectivity index is 1.47. The first-order valence-electron chi connectivity index (χ1n) is 10.5. The number of ketones is 1. The minimum Gasteiger partial charge on any atom is -0.456 e. The molecule has 0 spiro atoms. The van der Waals surface area contributed by atoms with Crippen LogP contribution in [0.4, 0.5) is 5.69 Å². The van der Waals surface area contributed by atoms with Gasteiger partial charge in [-0.3, -0.25) is 29.4 Å². The van der Waals surface area contributed by atoms with E-state index in [0.29, 0.717) is 0 Å². The van der Waals surface area contributed by atoms with Crippen molar-refractivity contribution >= 4 is 29.3 Å². The number of hydrogen-bond donors (Lipinski definition) is 0. The first-order valence-corrected chi connectivity index (χ1v) is 10.5. The van der Waals surface area contributed by atoms with Crippen molar-refractivity contribution in [3.8, 4) is 0 Å². The van der Waals surface area contributed by atoms with Crippen molar-refractivity contribution in [2.45, 2.75) is 39.2 Å². The van der Waals surface area contributed by atoms with Crippen molar-refractivity contribution in [3.63, 3.8) is 0 Å². The number of esters is 1. The SMILES string of the molecule is CC(C)[C@@H](C(=O)OCC(=O)c1cccc([N+](=O)[O-])c1)N1C(=O)[C@@H]2[C@H]3CC[C@H](C3)[C@@H]2C1=O. The third-order valence-electron chi connectivity index (χ3n) is 6.84. The van der Waals surface area contributed by atoms with Crippen LogP contribution in [0.5, 0.6) is 0 Å². The molecule has 9 nitrogen and oxygen atoms in total. The fourth-order valence-corrected chi connectivity index (χ4v) is 5.48. The normalized spacial score (nSPS) is 27.5. The molecule has 4 rings (SSSR count). The fourth-order valence-electron chi connectivity index (χ4n) is 5.48. The monoisotopic (exact) mass is 428 g/mol. The van der Waals surface area contributed by atoms with Gasteiger partial charge in [-0.25, -0.2) is 4.79 Å². The summed E-state index contributed by atoms with van der Waals surface area (Å²) in [5, 5.41) is 10.9. The number of nitrogens with zero attached hydrogens (tertiary/aromatic N) is 2. The molecule has 1 saturated heterocycles. The zero-order chi connectivity index (χ0) is 22.4. The highest BCUT2D eigenvalue weighted by Crippen LogP contribution is 2.56. The zero-order valence-electron chi connectivity index (χ0n) is 17.4. The molecule has 1 heterocycles. The maximum Gasteiger partial charge on any atom is 0.330 e. The van der Waals surface area contributed by atoms with E-state index in [1.165, 1.54) is 18.2 Å². The molecule has 0 N–H and O–H groups in total. The standard InChI is InChI=1S/C22H24N2O7/c1-11(2)19(23-20(26)17-13-6-7-14(8-13)18(17)21(23)27)22(28)31-10-16(25)12-4-3-5-15(9-12)24(29)30/h3-5,9,11,13-14,17-19H,6-8,10H2,1-2H3/t13-,14+,17+,18-,19-/m0/s1. The first-order chi connectivity index (χ1) is 14.7. The highest BCUT2D eigenvalue weighted by Gasteiger charge is 2.62. The summed E-state index contributed by atoms with van der Waals surface area (Å²) in [7, 11) is 0. The molecular weight excluding hydrogens is 404 g/mol. The van der Waals surface area contributed by atoms with Crippen LogP contribution < -0.4 is 0 Å². The van der Waals surface area contributed by atoms with Gasteiger partial charge in [-0.05, 0) is 37.0 Å². The van der Waals surface area contributed by atoms with Gasteiger partial charge in [0.05, 0.1) is 16.8 Å². The Bertz CT molecular complexity index is 944. The molecule has 2 saturated carbocycles. The lowest BCUT2D eigenvalue weighted by atomic mass is 9.81. The molecule has 1 aromatic carbocycles. The average molecular weight is 428 g/mol. The van der Waals surface area contributed by atoms with Crippen LogP contribution in [0, 0.1) is 39.7 Å². The van der Waals surface area contributed by atoms with E-state index in [9.17, 15) is 29.3 Å². The first kappa shape index (κ1) is 21.1. The number of Topliss-reactive ketones (excluding diaryl/α,β-unsaturated/α-hetero) is 1. The smallest absolute Gasteiger partial charge is 0.330 e. The maximum absolute atomic E-state index is 13.1. The minimum absolute atomic E-state index is 0.0440. The summed E-state index contributed by atoms with van der Waals surface area (Å²) in [6, 6.07) is 4.04. The Hall–Kier alpha value is -3.10. The van der Waals surface area contributed by atoms with Gasteiger partial charge in [-0.2, -0.15) is 0 Å². The van der Waals surface area contributed by atoms with Crippen LogP contribution in [0.25, 0.3) is 0 Å². The molecule has 3 fully saturated rings. The number of benzene rings is 1. The molecule has 0 radical (unpaired) electrons. The second-order valence-corrected chi connectivity index (χ2v) is 8.96. The molecular formula is C22H24N2O7. The average Bonchev–Trinajstić information content (AvgIpc) is 3.42. The Labute approximate surface area is 178 Å². The van der Waals surface area contributed by atoms with Crippen LogP contribution in [-0.2, 0) is 19.1 Å². The van der Waals surface area contributed by atoms with Crippen LogP contribution in [-0.4, -0.2) is 46.0 Å². The lowest BCUT2D eigenvalue weighted by Crippen LogP contribution is -2.50. The Morgan fingerprint density at radius 1 is 1.16 bits per heavy atom. The number of rotatable bonds is 7. The summed E-state index contributed by atoms with van der Waals surface area (Å²) in [5.41, 5.74) is -0.200. The van der Waals surface area contributed by atoms with Crippen LogP contribution in [0.1, 0.15) is 43.5 Å². The van der Waals surface area contributed by atoms with Gasteiger partial charge in [0.25, 0.3) is 5.69 Å². The van der Waals surface area contributed by atoms with E-state index in [1.807, 2.05) is 0 Å². The van der Waals surface area contributed by atoms with Gasteiger partial charge in [-0.15, -0.1) is 0 Å². The number of imide groups is 1. The number of hydrogen-bond acceptors (Lipinski definition) is 7. The van der Waals surface area contributed by atoms with Crippen LogP contribution in [0.3, 0.4) is 0 Å². The van der Waals surface area contributed by atoms with E-state index in [1.54, 1.807) is 13.8 Å². The summed E-state index contributed by atoms with van der Waals surface area (Å²) in [6.07, 6.45) is 2.77. The molecule has 9 heteroatoms. The van der Waals surface area contributed by atoms with Gasteiger partial charge < -0.3 is 4.74 Å². The second kappa shape index (κ2) is 7.86. The quantitative estimate of drug-likeness (QED) is 0.215. The van der Waals surface area contributed by atoms with Crippen molar-refractivity contribution in [2.24, 2.45) is 29.6 Å². The molecule has 164 valence electrons. The zero-order valence-corrected chi connectivity index (χ0v) is 17.4. The fraction of sp³-hybridized carbons (Fsp3) is 0.545. The largest absolute Gasteiger partial charge is 0.456 e. The number of fused-ring (bicyclic) bond motifs is 5. The predicted octanol–water partition coefficient (Wildman–Crippen LogP) is 2.38. The molecule has 1 aliphatic heterocycles. The number of ether oxygens (including phenoxy) is 1. The number of non-ortho nitro benzene ring substituents is 1. The highest BCUT2D eigenvalue weighted by molar-refractivity contribution is 6.09. The van der Waals surface area contributed by atoms with Crippen molar-refractivity contribution in [1.82, 2.24) is 4.90 Å². The molecule has 0 unspecified atom stereocenters. The molecule has 2 bridgehead atoms. The van der Waals surface area contributed by atoms with Gasteiger partial charge in [0.1, 0.15) is 6.04 Å². The third-order valence-corrected chi connectivity index (χ3v) is 6.84. The molecule has 3 aliphatic rings. The lowest BCUT2D eigenvalue weighted by molar-refractivity contribution is -0.384. The van der Waals surface area contributed by atoms with Crippen LogP contribution >= 0.6 is 0 Å². The number of nitro groups is 1. The lowest BCUT2D eigenvalue weighted by Gasteiger charge is -2.28. The molecule has 0 aromatic heterocycles. The molecule has 2 amide bonds. The number of carbonyl (C=O) groups is 4. The summed E-state index contributed by atoms with van der Waals surface area (Å²) in [5.74, 6) is -2.68. The van der Waals surface area contributed by atoms with Crippen molar-refractivity contribution in [2.75, 3.05) is 6.61 Å². The Kier molecular flexibility index (Phi) is 5.36. The van der Waals surface area contributed by atoms with E-state index in [4.69, 9.17) is 4.74 Å². The summed E-state index contributed by atoms with van der Waals surface area (Å²) < 4.78 is 5.18. The van der Waals surface area contributed by atoms with Crippen LogP contribution in [0.15, 0.2) is 24.3 Å². The molecule has 2 aliphatic carbocycles. The van der Waals surface area contributed by atoms with Crippen molar-refractivity contribution in [1.29, 1.82) is 0 Å². The van der Waals surface area contributed by atoms with E-state index < -0.39 is 29.3 Å². The number of amides is 2. The van der Waals surface area contributed by atoms with Crippen molar-refractivity contribution < 1.29 is 28.8 Å². The Morgan fingerprint density at radius 2 is 1.77 bits per heavy atom. The van der Waals surface area contributed by atoms with Crippen LogP contribution in [0.2, 0.25) is 0 Å². The maximum atomic E-state index is 13.1. The Morgan fingerprint density at radius 3 is 2.32 bits per heavy atom. The molecule has 1 aromatic rings. The second-order valence-electron chi connectivity index (χ2n) is 8.96. The summed E-state index contributed by atoms with van der Waals surface area (Å²) >= 11 is 0. The highest BCUT2D eigenvalue weighted by atomic mass is 16.6. The predicted molar refractivity (Wildman–Crippen MR) is 107 cm³/mol. The van der Waals surface area contributed by atoms with Gasteiger partial charge in [0.15, 0.2) is 6.61 Å². The third kappa shape index (κ3) is 3.51. The molecule has 5 atom stereocenters. The minimum atomic E-state index is -1.09. The van der Waals surface area contributed by atoms with E-state index in [-0.39, 0.29) is 52.7 Å². The van der Waals surface area contributed by atoms with Gasteiger partial charge in [-0.1, -0.05) is 26.0 Å². The molecule has 31 heavy (non-hydrogen) atoms. The van der Waals surface area contributed by atoms with E-state index in [0.717, 1.165) is 30.2 Å². The topological polar surface area (TPSA) is 124 Å². The van der Waals surface area contributed by atoms with E-state index >= 15 is 0 Å². The van der Waals surface area contributed by atoms with Gasteiger partial charge in [0, 0.05) is 17.7 Å².